The summed E-state index contributed by atoms with van der Waals surface area (Å²) >= 11 is 0. The van der Waals surface area contributed by atoms with E-state index in [1.54, 1.807) is 48.5 Å². The molecule has 0 aromatic heterocycles. The molecular weight excluding hydrogens is 351 g/mol. The molecule has 0 amide bonds. The molecule has 2 aromatic rings. The van der Waals surface area contributed by atoms with Gasteiger partial charge in [0.25, 0.3) is 0 Å². The van der Waals surface area contributed by atoms with E-state index < -0.39 is 36.2 Å². The Balaban J connectivity index is 1.99. The molecule has 0 saturated heterocycles. The van der Waals surface area contributed by atoms with E-state index in [2.05, 4.69) is 6.58 Å². The SMILES string of the molecule is C=C1[C@@H](O)[C@@H](F)[C@H](OC(=O)c2ccccc2)[C@@H]1c1ccccc1C(=O)OC. The van der Waals surface area contributed by atoms with Gasteiger partial charge in [-0.1, -0.05) is 43.0 Å². The first-order chi connectivity index (χ1) is 13.0. The molecule has 1 N–H and O–H groups in total. The summed E-state index contributed by atoms with van der Waals surface area (Å²) in [6.07, 6.45) is -4.68. The second-order valence-corrected chi connectivity index (χ2v) is 6.26. The minimum absolute atomic E-state index is 0.143. The summed E-state index contributed by atoms with van der Waals surface area (Å²) < 4.78 is 24.9. The number of aliphatic hydroxyl groups is 1. The normalized spacial score (nSPS) is 24.5. The Kier molecular flexibility index (Phi) is 5.37. The van der Waals surface area contributed by atoms with Gasteiger partial charge >= 0.3 is 11.9 Å². The van der Waals surface area contributed by atoms with Gasteiger partial charge in [0.15, 0.2) is 6.17 Å². The molecule has 6 heteroatoms. The van der Waals surface area contributed by atoms with Crippen molar-refractivity contribution in [2.24, 2.45) is 0 Å². The fourth-order valence-electron chi connectivity index (χ4n) is 3.30. The Morgan fingerprint density at radius 2 is 1.67 bits per heavy atom. The number of carbonyl (C=O) groups excluding carboxylic acids is 2. The first kappa shape index (κ1) is 18.8. The van der Waals surface area contributed by atoms with E-state index in [0.717, 1.165) is 0 Å². The summed E-state index contributed by atoms with van der Waals surface area (Å²) in [6, 6.07) is 14.6. The van der Waals surface area contributed by atoms with Crippen LogP contribution in [0.5, 0.6) is 0 Å². The molecule has 0 spiro atoms. The third-order valence-corrected chi connectivity index (χ3v) is 4.68. The van der Waals surface area contributed by atoms with Crippen LogP contribution in [0.2, 0.25) is 0 Å². The summed E-state index contributed by atoms with van der Waals surface area (Å²) in [5, 5.41) is 10.2. The van der Waals surface area contributed by atoms with E-state index in [1.807, 2.05) is 0 Å². The Morgan fingerprint density at radius 3 is 2.33 bits per heavy atom. The van der Waals surface area contributed by atoms with E-state index in [9.17, 15) is 19.1 Å². The van der Waals surface area contributed by atoms with Crippen molar-refractivity contribution in [3.05, 3.63) is 83.4 Å². The van der Waals surface area contributed by atoms with Crippen LogP contribution in [-0.4, -0.2) is 42.5 Å². The van der Waals surface area contributed by atoms with Gasteiger partial charge in [-0.25, -0.2) is 14.0 Å². The van der Waals surface area contributed by atoms with Crippen molar-refractivity contribution >= 4 is 11.9 Å². The van der Waals surface area contributed by atoms with Crippen molar-refractivity contribution in [3.8, 4) is 0 Å². The van der Waals surface area contributed by atoms with Crippen molar-refractivity contribution in [1.29, 1.82) is 0 Å². The molecule has 1 saturated carbocycles. The zero-order chi connectivity index (χ0) is 19.6. The molecule has 27 heavy (non-hydrogen) atoms. The van der Waals surface area contributed by atoms with Crippen molar-refractivity contribution in [1.82, 2.24) is 0 Å². The number of methoxy groups -OCH3 is 1. The molecule has 0 heterocycles. The van der Waals surface area contributed by atoms with Gasteiger partial charge in [-0.2, -0.15) is 0 Å². The molecular formula is C21H19FO5. The number of rotatable bonds is 4. The maximum absolute atomic E-state index is 14.8. The van der Waals surface area contributed by atoms with Gasteiger partial charge in [0, 0.05) is 5.92 Å². The number of hydrogen-bond donors (Lipinski definition) is 1. The number of halogens is 1. The van der Waals surface area contributed by atoms with Gasteiger partial charge in [0.05, 0.1) is 18.2 Å². The standard InChI is InChI=1S/C21H19FO5/c1-12-16(14-10-6-7-11-15(14)21(25)26-2)19(17(22)18(12)23)27-20(24)13-8-4-3-5-9-13/h3-11,16-19,23H,1H2,2H3/t16-,17+,18+,19+/m0/s1. The molecule has 1 fully saturated rings. The lowest BCUT2D eigenvalue weighted by Gasteiger charge is -2.23. The highest BCUT2D eigenvalue weighted by molar-refractivity contribution is 5.92. The predicted molar refractivity (Wildman–Crippen MR) is 96.2 cm³/mol. The van der Waals surface area contributed by atoms with Crippen LogP contribution in [0.4, 0.5) is 4.39 Å². The number of hydrogen-bond acceptors (Lipinski definition) is 5. The Labute approximate surface area is 156 Å². The number of carbonyl (C=O) groups is 2. The maximum Gasteiger partial charge on any atom is 0.338 e. The Bertz CT molecular complexity index is 864. The summed E-state index contributed by atoms with van der Waals surface area (Å²) in [5.74, 6) is -2.20. The van der Waals surface area contributed by atoms with Gasteiger partial charge in [-0.05, 0) is 29.3 Å². The summed E-state index contributed by atoms with van der Waals surface area (Å²) in [5.41, 5.74) is 0.994. The van der Waals surface area contributed by atoms with E-state index in [1.165, 1.54) is 13.2 Å². The van der Waals surface area contributed by atoms with Crippen molar-refractivity contribution in [3.63, 3.8) is 0 Å². The molecule has 0 unspecified atom stereocenters. The van der Waals surface area contributed by atoms with Crippen LogP contribution >= 0.6 is 0 Å². The van der Waals surface area contributed by atoms with Crippen LogP contribution in [0.25, 0.3) is 0 Å². The van der Waals surface area contributed by atoms with Gasteiger partial charge in [0.1, 0.15) is 12.2 Å². The zero-order valence-electron chi connectivity index (χ0n) is 14.7. The van der Waals surface area contributed by atoms with Gasteiger partial charge in [0.2, 0.25) is 0 Å². The molecule has 0 bridgehead atoms. The first-order valence-electron chi connectivity index (χ1n) is 8.39. The van der Waals surface area contributed by atoms with Gasteiger partial charge in [-0.3, -0.25) is 0 Å². The third-order valence-electron chi connectivity index (χ3n) is 4.68. The molecule has 5 nitrogen and oxygen atoms in total. The van der Waals surface area contributed by atoms with Gasteiger partial charge < -0.3 is 14.6 Å². The number of aliphatic hydroxyl groups excluding tert-OH is 1. The molecule has 0 aliphatic heterocycles. The average molecular weight is 370 g/mol. The number of ether oxygens (including phenoxy) is 2. The molecule has 0 radical (unpaired) electrons. The maximum atomic E-state index is 14.8. The summed E-state index contributed by atoms with van der Waals surface area (Å²) in [6.45, 7) is 3.77. The smallest absolute Gasteiger partial charge is 0.338 e. The topological polar surface area (TPSA) is 72.8 Å². The molecule has 1 aliphatic carbocycles. The average Bonchev–Trinajstić information content (AvgIpc) is 2.91. The van der Waals surface area contributed by atoms with E-state index in [4.69, 9.17) is 9.47 Å². The quantitative estimate of drug-likeness (QED) is 0.662. The van der Waals surface area contributed by atoms with Crippen molar-refractivity contribution < 1.29 is 28.6 Å². The summed E-state index contributed by atoms with van der Waals surface area (Å²) in [4.78, 5) is 24.5. The zero-order valence-corrected chi connectivity index (χ0v) is 14.7. The first-order valence-corrected chi connectivity index (χ1v) is 8.39. The van der Waals surface area contributed by atoms with Crippen LogP contribution in [0.3, 0.4) is 0 Å². The predicted octanol–water partition coefficient (Wildman–Crippen LogP) is 3.05. The van der Waals surface area contributed by atoms with Crippen LogP contribution in [0.15, 0.2) is 66.7 Å². The van der Waals surface area contributed by atoms with E-state index in [-0.39, 0.29) is 16.7 Å². The highest BCUT2D eigenvalue weighted by Crippen LogP contribution is 2.43. The van der Waals surface area contributed by atoms with Crippen LogP contribution < -0.4 is 0 Å². The second kappa shape index (κ2) is 7.72. The molecule has 140 valence electrons. The fraction of sp³-hybridized carbons (Fsp3) is 0.238. The minimum Gasteiger partial charge on any atom is -0.465 e. The second-order valence-electron chi connectivity index (χ2n) is 6.26. The Morgan fingerprint density at radius 1 is 1.04 bits per heavy atom. The monoisotopic (exact) mass is 370 g/mol. The lowest BCUT2D eigenvalue weighted by atomic mass is 9.88. The number of benzene rings is 2. The Hall–Kier alpha value is -2.99. The molecule has 2 aromatic carbocycles. The van der Waals surface area contributed by atoms with Gasteiger partial charge in [-0.15, -0.1) is 0 Å². The largest absolute Gasteiger partial charge is 0.465 e. The number of alkyl halides is 1. The van der Waals surface area contributed by atoms with E-state index in [0.29, 0.717) is 5.56 Å². The summed E-state index contributed by atoms with van der Waals surface area (Å²) in [7, 11) is 1.24. The lowest BCUT2D eigenvalue weighted by Crippen LogP contribution is -2.32. The highest BCUT2D eigenvalue weighted by atomic mass is 19.1. The van der Waals surface area contributed by atoms with Crippen molar-refractivity contribution in [2.75, 3.05) is 7.11 Å². The van der Waals surface area contributed by atoms with E-state index >= 15 is 0 Å². The fourth-order valence-corrected chi connectivity index (χ4v) is 3.30. The van der Waals surface area contributed by atoms with Crippen LogP contribution in [0.1, 0.15) is 32.2 Å². The minimum atomic E-state index is -1.86. The molecule has 3 rings (SSSR count). The van der Waals surface area contributed by atoms with Crippen LogP contribution in [0, 0.1) is 0 Å². The third kappa shape index (κ3) is 3.48. The highest BCUT2D eigenvalue weighted by Gasteiger charge is 2.50. The lowest BCUT2D eigenvalue weighted by molar-refractivity contribution is -0.00542. The molecule has 4 atom stereocenters. The van der Waals surface area contributed by atoms with Crippen molar-refractivity contribution in [2.45, 2.75) is 24.3 Å². The number of esters is 2. The molecule has 1 aliphatic rings. The van der Waals surface area contributed by atoms with Crippen LogP contribution in [-0.2, 0) is 9.47 Å².